The molecule has 1 N–H and O–H groups in total. The van der Waals surface area contributed by atoms with Gasteiger partial charge >= 0.3 is 0 Å². The molecule has 0 aliphatic heterocycles. The largest absolute Gasteiger partial charge is 0.487 e. The zero-order valence-corrected chi connectivity index (χ0v) is 13.4. The predicted molar refractivity (Wildman–Crippen MR) is 85.4 cm³/mol. The van der Waals surface area contributed by atoms with E-state index in [-0.39, 0.29) is 0 Å². The molecule has 0 fully saturated rings. The Bertz CT molecular complexity index is 560. The summed E-state index contributed by atoms with van der Waals surface area (Å²) in [5.74, 6) is 0.889. The molecule has 0 radical (unpaired) electrons. The quantitative estimate of drug-likeness (QED) is 0.848. The second kappa shape index (κ2) is 7.27. The first-order valence-corrected chi connectivity index (χ1v) is 7.55. The molecule has 1 heterocycles. The van der Waals surface area contributed by atoms with Crippen LogP contribution in [0.15, 0.2) is 30.3 Å². The van der Waals surface area contributed by atoms with Crippen molar-refractivity contribution in [1.29, 1.82) is 0 Å². The Labute approximate surface area is 127 Å². The molecule has 2 rings (SSSR count). The number of nitrogens with zero attached hydrogens (tertiary/aromatic N) is 2. The molecule has 0 amide bonds. The van der Waals surface area contributed by atoms with Crippen molar-refractivity contribution in [2.75, 3.05) is 6.54 Å². The Balaban J connectivity index is 1.91. The fourth-order valence-corrected chi connectivity index (χ4v) is 2.29. The Kier molecular flexibility index (Phi) is 5.39. The van der Waals surface area contributed by atoms with Crippen molar-refractivity contribution in [3.05, 3.63) is 47.3 Å². The molecular weight excluding hydrogens is 262 g/mol. The average molecular weight is 287 g/mol. The molecule has 1 atom stereocenters. The lowest BCUT2D eigenvalue weighted by atomic mass is 10.1. The molecule has 0 aliphatic rings. The lowest BCUT2D eigenvalue weighted by Crippen LogP contribution is -2.19. The summed E-state index contributed by atoms with van der Waals surface area (Å²) >= 11 is 0. The Morgan fingerprint density at radius 2 is 2.00 bits per heavy atom. The van der Waals surface area contributed by atoms with Gasteiger partial charge in [-0.25, -0.2) is 0 Å². The topological polar surface area (TPSA) is 39.1 Å². The van der Waals surface area contributed by atoms with Crippen LogP contribution in [0.25, 0.3) is 0 Å². The van der Waals surface area contributed by atoms with E-state index < -0.39 is 0 Å². The maximum Gasteiger partial charge on any atom is 0.130 e. The minimum Gasteiger partial charge on any atom is -0.487 e. The number of benzene rings is 1. The number of hydrogen-bond acceptors (Lipinski definition) is 3. The van der Waals surface area contributed by atoms with Crippen molar-refractivity contribution in [3.63, 3.8) is 0 Å². The van der Waals surface area contributed by atoms with Crippen molar-refractivity contribution in [3.8, 4) is 5.75 Å². The van der Waals surface area contributed by atoms with Crippen molar-refractivity contribution in [1.82, 2.24) is 15.1 Å². The standard InChI is InChI=1S/C17H25N3O/c1-5-10-18-14(3)15-6-8-17(9-7-15)21-12-16-11-13(2)19-20(16)4/h6-9,11,14,18H,5,10,12H2,1-4H3. The van der Waals surface area contributed by atoms with Crippen LogP contribution in [0.5, 0.6) is 5.75 Å². The molecule has 0 spiro atoms. The van der Waals surface area contributed by atoms with Crippen molar-refractivity contribution >= 4 is 0 Å². The van der Waals surface area contributed by atoms with E-state index in [1.165, 1.54) is 5.56 Å². The third kappa shape index (κ3) is 4.33. The summed E-state index contributed by atoms with van der Waals surface area (Å²) in [4.78, 5) is 0. The van der Waals surface area contributed by atoms with Gasteiger partial charge in [0.2, 0.25) is 0 Å². The highest BCUT2D eigenvalue weighted by Crippen LogP contribution is 2.18. The first kappa shape index (κ1) is 15.6. The van der Waals surface area contributed by atoms with Crippen LogP contribution in [-0.4, -0.2) is 16.3 Å². The van der Waals surface area contributed by atoms with E-state index in [1.54, 1.807) is 0 Å². The van der Waals surface area contributed by atoms with E-state index in [4.69, 9.17) is 4.74 Å². The molecule has 0 saturated heterocycles. The van der Waals surface area contributed by atoms with Crippen LogP contribution < -0.4 is 10.1 Å². The van der Waals surface area contributed by atoms with Gasteiger partial charge in [0.15, 0.2) is 0 Å². The van der Waals surface area contributed by atoms with Crippen LogP contribution in [0.2, 0.25) is 0 Å². The lowest BCUT2D eigenvalue weighted by Gasteiger charge is -2.14. The SMILES string of the molecule is CCCNC(C)c1ccc(OCc2cc(C)nn2C)cc1. The van der Waals surface area contributed by atoms with Gasteiger partial charge in [-0.1, -0.05) is 19.1 Å². The lowest BCUT2D eigenvalue weighted by molar-refractivity contribution is 0.294. The fraction of sp³-hybridized carbons (Fsp3) is 0.471. The second-order valence-corrected chi connectivity index (χ2v) is 5.43. The van der Waals surface area contributed by atoms with Crippen LogP contribution in [0.4, 0.5) is 0 Å². The first-order chi connectivity index (χ1) is 10.1. The van der Waals surface area contributed by atoms with Crippen molar-refractivity contribution in [2.24, 2.45) is 7.05 Å². The summed E-state index contributed by atoms with van der Waals surface area (Å²) in [7, 11) is 1.94. The third-order valence-corrected chi connectivity index (χ3v) is 3.57. The summed E-state index contributed by atoms with van der Waals surface area (Å²) in [6.07, 6.45) is 1.15. The molecule has 2 aromatic rings. The van der Waals surface area contributed by atoms with Gasteiger partial charge in [-0.05, 0) is 50.6 Å². The zero-order chi connectivity index (χ0) is 15.2. The van der Waals surface area contributed by atoms with Gasteiger partial charge in [-0.15, -0.1) is 0 Å². The van der Waals surface area contributed by atoms with Gasteiger partial charge in [0.1, 0.15) is 12.4 Å². The summed E-state index contributed by atoms with van der Waals surface area (Å²) in [6.45, 7) is 7.93. The van der Waals surface area contributed by atoms with E-state index in [0.717, 1.165) is 30.1 Å². The van der Waals surface area contributed by atoms with Crippen LogP contribution >= 0.6 is 0 Å². The third-order valence-electron chi connectivity index (χ3n) is 3.57. The molecular formula is C17H25N3O. The van der Waals surface area contributed by atoms with Crippen molar-refractivity contribution in [2.45, 2.75) is 39.8 Å². The number of nitrogens with one attached hydrogen (secondary N) is 1. The van der Waals surface area contributed by atoms with E-state index >= 15 is 0 Å². The monoisotopic (exact) mass is 287 g/mol. The molecule has 1 aromatic carbocycles. The van der Waals surface area contributed by atoms with Gasteiger partial charge in [-0.2, -0.15) is 5.10 Å². The smallest absolute Gasteiger partial charge is 0.130 e. The van der Waals surface area contributed by atoms with E-state index in [2.05, 4.69) is 36.4 Å². The summed E-state index contributed by atoms with van der Waals surface area (Å²) in [5.41, 5.74) is 3.38. The van der Waals surface area contributed by atoms with Gasteiger partial charge in [0, 0.05) is 13.1 Å². The molecule has 114 valence electrons. The molecule has 1 unspecified atom stereocenters. The van der Waals surface area contributed by atoms with Crippen LogP contribution in [0.3, 0.4) is 0 Å². The Hall–Kier alpha value is -1.81. The van der Waals surface area contributed by atoms with E-state index in [0.29, 0.717) is 12.6 Å². The number of aromatic nitrogens is 2. The van der Waals surface area contributed by atoms with E-state index in [1.807, 2.05) is 36.9 Å². The zero-order valence-electron chi connectivity index (χ0n) is 13.4. The van der Waals surface area contributed by atoms with Gasteiger partial charge < -0.3 is 10.1 Å². The predicted octanol–water partition coefficient (Wildman–Crippen LogP) is 3.37. The van der Waals surface area contributed by atoms with Gasteiger partial charge in [0.25, 0.3) is 0 Å². The maximum atomic E-state index is 5.82. The molecule has 21 heavy (non-hydrogen) atoms. The normalized spacial score (nSPS) is 12.4. The summed E-state index contributed by atoms with van der Waals surface area (Å²) in [6, 6.07) is 10.7. The van der Waals surface area contributed by atoms with Gasteiger partial charge in [0.05, 0.1) is 11.4 Å². The molecule has 4 heteroatoms. The summed E-state index contributed by atoms with van der Waals surface area (Å²) < 4.78 is 7.68. The summed E-state index contributed by atoms with van der Waals surface area (Å²) in [5, 5.41) is 7.80. The minimum absolute atomic E-state index is 0.374. The highest BCUT2D eigenvalue weighted by atomic mass is 16.5. The van der Waals surface area contributed by atoms with Crippen LogP contribution in [0.1, 0.15) is 43.3 Å². The highest BCUT2D eigenvalue weighted by molar-refractivity contribution is 5.29. The maximum absolute atomic E-state index is 5.82. The minimum atomic E-state index is 0.374. The van der Waals surface area contributed by atoms with Crippen molar-refractivity contribution < 1.29 is 4.74 Å². The molecule has 0 saturated carbocycles. The second-order valence-electron chi connectivity index (χ2n) is 5.43. The number of ether oxygens (including phenoxy) is 1. The molecule has 0 aliphatic carbocycles. The van der Waals surface area contributed by atoms with Crippen LogP contribution in [0, 0.1) is 6.92 Å². The number of aryl methyl sites for hydroxylation is 2. The molecule has 0 bridgehead atoms. The first-order valence-electron chi connectivity index (χ1n) is 7.55. The number of rotatable bonds is 7. The van der Waals surface area contributed by atoms with E-state index in [9.17, 15) is 0 Å². The molecule has 1 aromatic heterocycles. The Morgan fingerprint density at radius 1 is 1.29 bits per heavy atom. The Morgan fingerprint density at radius 3 is 2.57 bits per heavy atom. The fourth-order valence-electron chi connectivity index (χ4n) is 2.29. The van der Waals surface area contributed by atoms with Crippen LogP contribution in [-0.2, 0) is 13.7 Å². The molecule has 4 nitrogen and oxygen atoms in total. The highest BCUT2D eigenvalue weighted by Gasteiger charge is 2.05. The average Bonchev–Trinajstić information content (AvgIpc) is 2.81. The van der Waals surface area contributed by atoms with Gasteiger partial charge in [-0.3, -0.25) is 4.68 Å². The number of hydrogen-bond donors (Lipinski definition) is 1.